The second-order valence-electron chi connectivity index (χ2n) is 7.93. The molecule has 32 heavy (non-hydrogen) atoms. The Bertz CT molecular complexity index is 938. The fourth-order valence-corrected chi connectivity index (χ4v) is 3.82. The highest BCUT2D eigenvalue weighted by molar-refractivity contribution is 5.92. The molecule has 5 nitrogen and oxygen atoms in total. The summed E-state index contributed by atoms with van der Waals surface area (Å²) >= 11 is 0. The van der Waals surface area contributed by atoms with Crippen molar-refractivity contribution in [1.29, 1.82) is 0 Å². The van der Waals surface area contributed by atoms with Crippen LogP contribution in [0.3, 0.4) is 0 Å². The Hall–Kier alpha value is -3.44. The highest BCUT2D eigenvalue weighted by Crippen LogP contribution is 2.25. The zero-order valence-corrected chi connectivity index (χ0v) is 18.5. The Balaban J connectivity index is 1.80. The Morgan fingerprint density at radius 2 is 1.34 bits per heavy atom. The van der Waals surface area contributed by atoms with E-state index in [2.05, 4.69) is 5.32 Å². The number of carbonyl (C=O) groups excluding carboxylic acids is 2. The molecule has 0 spiro atoms. The standard InChI is InChI=1S/C27H31N3O2/c1-30(20-21-12-5-2-6-13-21)27(32)24(18-11-19-28)29-26(31)25(22-14-7-3-8-15-22)23-16-9-4-10-17-23/h2-10,12-17,24-25H,11,18-20,28H2,1H3,(H,29,31)/t24-/m1/s1. The lowest BCUT2D eigenvalue weighted by molar-refractivity contribution is -0.136. The first-order chi connectivity index (χ1) is 15.6. The normalized spacial score (nSPS) is 11.7. The van der Waals surface area contributed by atoms with Crippen molar-refractivity contribution in [3.05, 3.63) is 108 Å². The summed E-state index contributed by atoms with van der Waals surface area (Å²) in [7, 11) is 1.77. The Kier molecular flexibility index (Phi) is 8.58. The number of likely N-dealkylation sites (N-methyl/N-ethyl adjacent to an activating group) is 1. The maximum atomic E-state index is 13.5. The zero-order valence-electron chi connectivity index (χ0n) is 18.5. The molecule has 5 heteroatoms. The third-order valence-electron chi connectivity index (χ3n) is 5.48. The molecule has 2 amide bonds. The topological polar surface area (TPSA) is 75.4 Å². The van der Waals surface area contributed by atoms with Gasteiger partial charge in [0.05, 0.1) is 5.92 Å². The van der Waals surface area contributed by atoms with Gasteiger partial charge in [-0.25, -0.2) is 0 Å². The van der Waals surface area contributed by atoms with Gasteiger partial charge in [0.2, 0.25) is 11.8 Å². The molecular formula is C27H31N3O2. The van der Waals surface area contributed by atoms with E-state index in [9.17, 15) is 9.59 Å². The summed E-state index contributed by atoms with van der Waals surface area (Å²) in [5.41, 5.74) is 8.53. The number of benzene rings is 3. The smallest absolute Gasteiger partial charge is 0.245 e. The number of nitrogens with one attached hydrogen (secondary N) is 1. The number of carbonyl (C=O) groups is 2. The van der Waals surface area contributed by atoms with Gasteiger partial charge in [0.1, 0.15) is 6.04 Å². The lowest BCUT2D eigenvalue weighted by atomic mass is 9.90. The van der Waals surface area contributed by atoms with Crippen LogP contribution in [0.2, 0.25) is 0 Å². The molecule has 0 aliphatic rings. The van der Waals surface area contributed by atoms with Crippen LogP contribution in [-0.2, 0) is 16.1 Å². The summed E-state index contributed by atoms with van der Waals surface area (Å²) in [6.07, 6.45) is 1.15. The summed E-state index contributed by atoms with van der Waals surface area (Å²) in [6.45, 7) is 0.943. The van der Waals surface area contributed by atoms with Gasteiger partial charge in [-0.2, -0.15) is 0 Å². The molecule has 0 aromatic heterocycles. The molecule has 166 valence electrons. The van der Waals surface area contributed by atoms with Gasteiger partial charge in [0.15, 0.2) is 0 Å². The van der Waals surface area contributed by atoms with Crippen LogP contribution in [0.4, 0.5) is 0 Å². The maximum Gasteiger partial charge on any atom is 0.245 e. The molecule has 0 aliphatic heterocycles. The molecule has 0 radical (unpaired) electrons. The largest absolute Gasteiger partial charge is 0.343 e. The number of nitrogens with zero attached hydrogens (tertiary/aromatic N) is 1. The Morgan fingerprint density at radius 1 is 0.844 bits per heavy atom. The van der Waals surface area contributed by atoms with E-state index in [1.165, 1.54) is 0 Å². The first kappa shape index (κ1) is 23.2. The second kappa shape index (κ2) is 11.8. The van der Waals surface area contributed by atoms with E-state index in [-0.39, 0.29) is 11.8 Å². The van der Waals surface area contributed by atoms with E-state index in [1.54, 1.807) is 11.9 Å². The van der Waals surface area contributed by atoms with Crippen molar-refractivity contribution in [3.8, 4) is 0 Å². The lowest BCUT2D eigenvalue weighted by Gasteiger charge is -2.27. The summed E-state index contributed by atoms with van der Waals surface area (Å²) in [6, 6.07) is 28.5. The molecule has 0 fully saturated rings. The quantitative estimate of drug-likeness (QED) is 0.516. The van der Waals surface area contributed by atoms with E-state index in [4.69, 9.17) is 5.73 Å². The van der Waals surface area contributed by atoms with Gasteiger partial charge >= 0.3 is 0 Å². The molecular weight excluding hydrogens is 398 g/mol. The van der Waals surface area contributed by atoms with Crippen molar-refractivity contribution in [2.45, 2.75) is 31.3 Å². The highest BCUT2D eigenvalue weighted by atomic mass is 16.2. The van der Waals surface area contributed by atoms with Gasteiger partial charge in [0, 0.05) is 13.6 Å². The Morgan fingerprint density at radius 3 is 1.84 bits per heavy atom. The average molecular weight is 430 g/mol. The molecule has 0 saturated heterocycles. The second-order valence-corrected chi connectivity index (χ2v) is 7.93. The number of hydrogen-bond acceptors (Lipinski definition) is 3. The number of amides is 2. The maximum absolute atomic E-state index is 13.5. The van der Waals surface area contributed by atoms with E-state index in [1.807, 2.05) is 91.0 Å². The van der Waals surface area contributed by atoms with Gasteiger partial charge in [-0.15, -0.1) is 0 Å². The van der Waals surface area contributed by atoms with Crippen molar-refractivity contribution in [2.24, 2.45) is 5.73 Å². The molecule has 0 aliphatic carbocycles. The van der Waals surface area contributed by atoms with Gasteiger partial charge in [0.25, 0.3) is 0 Å². The first-order valence-corrected chi connectivity index (χ1v) is 11.0. The van der Waals surface area contributed by atoms with Crippen molar-refractivity contribution < 1.29 is 9.59 Å². The van der Waals surface area contributed by atoms with Crippen LogP contribution in [0.5, 0.6) is 0 Å². The number of hydrogen-bond donors (Lipinski definition) is 2. The zero-order chi connectivity index (χ0) is 22.8. The van der Waals surface area contributed by atoms with Crippen LogP contribution in [0.25, 0.3) is 0 Å². The van der Waals surface area contributed by atoms with Crippen LogP contribution in [0.1, 0.15) is 35.4 Å². The summed E-state index contributed by atoms with van der Waals surface area (Å²) < 4.78 is 0. The molecule has 1 atom stereocenters. The predicted molar refractivity (Wildman–Crippen MR) is 128 cm³/mol. The summed E-state index contributed by atoms with van der Waals surface area (Å²) in [5.74, 6) is -0.800. The van der Waals surface area contributed by atoms with E-state index < -0.39 is 12.0 Å². The van der Waals surface area contributed by atoms with Crippen LogP contribution in [-0.4, -0.2) is 36.3 Å². The van der Waals surface area contributed by atoms with E-state index >= 15 is 0 Å². The fourth-order valence-electron chi connectivity index (χ4n) is 3.82. The van der Waals surface area contributed by atoms with Gasteiger partial charge < -0.3 is 16.0 Å². The molecule has 0 heterocycles. The molecule has 0 bridgehead atoms. The molecule has 3 rings (SSSR count). The van der Waals surface area contributed by atoms with Crippen molar-refractivity contribution in [1.82, 2.24) is 10.2 Å². The van der Waals surface area contributed by atoms with Crippen molar-refractivity contribution >= 4 is 11.8 Å². The SMILES string of the molecule is CN(Cc1ccccc1)C(=O)[C@@H](CCCN)NC(=O)C(c1ccccc1)c1ccccc1. The van der Waals surface area contributed by atoms with Crippen LogP contribution < -0.4 is 11.1 Å². The van der Waals surface area contributed by atoms with Crippen LogP contribution >= 0.6 is 0 Å². The minimum Gasteiger partial charge on any atom is -0.343 e. The minimum absolute atomic E-state index is 0.115. The van der Waals surface area contributed by atoms with Gasteiger partial charge in [-0.1, -0.05) is 91.0 Å². The summed E-state index contributed by atoms with van der Waals surface area (Å²) in [5, 5.41) is 3.03. The van der Waals surface area contributed by atoms with E-state index in [0.29, 0.717) is 25.9 Å². The summed E-state index contributed by atoms with van der Waals surface area (Å²) in [4.78, 5) is 28.4. The average Bonchev–Trinajstić information content (AvgIpc) is 2.83. The monoisotopic (exact) mass is 429 g/mol. The third-order valence-corrected chi connectivity index (χ3v) is 5.48. The first-order valence-electron chi connectivity index (χ1n) is 11.0. The highest BCUT2D eigenvalue weighted by Gasteiger charge is 2.29. The van der Waals surface area contributed by atoms with Crippen LogP contribution in [0, 0.1) is 0 Å². The Labute approximate surface area is 190 Å². The van der Waals surface area contributed by atoms with Gasteiger partial charge in [-0.3, -0.25) is 9.59 Å². The van der Waals surface area contributed by atoms with Crippen LogP contribution in [0.15, 0.2) is 91.0 Å². The minimum atomic E-state index is -0.630. The van der Waals surface area contributed by atoms with Crippen molar-refractivity contribution in [3.63, 3.8) is 0 Å². The third kappa shape index (κ3) is 6.28. The fraction of sp³-hybridized carbons (Fsp3) is 0.259. The predicted octanol–water partition coefficient (Wildman–Crippen LogP) is 3.70. The van der Waals surface area contributed by atoms with E-state index in [0.717, 1.165) is 16.7 Å². The molecule has 3 N–H and O–H groups in total. The lowest BCUT2D eigenvalue weighted by Crippen LogP contribution is -2.48. The molecule has 3 aromatic carbocycles. The molecule has 0 unspecified atom stereocenters. The van der Waals surface area contributed by atoms with Crippen molar-refractivity contribution in [2.75, 3.05) is 13.6 Å². The molecule has 0 saturated carbocycles. The van der Waals surface area contributed by atoms with Gasteiger partial charge in [-0.05, 0) is 36.1 Å². The number of nitrogens with two attached hydrogens (primary N) is 1. The number of rotatable bonds is 10. The molecule has 3 aromatic rings.